The first-order chi connectivity index (χ1) is 14.8. The maximum absolute atomic E-state index is 12.7. The molecule has 0 atom stereocenters. The molecule has 0 radical (unpaired) electrons. The van der Waals surface area contributed by atoms with Crippen molar-refractivity contribution in [3.63, 3.8) is 0 Å². The van der Waals surface area contributed by atoms with Crippen molar-refractivity contribution in [1.82, 2.24) is 14.8 Å². The molecule has 2 aliphatic heterocycles. The highest BCUT2D eigenvalue weighted by Crippen LogP contribution is 2.36. The number of rotatable bonds is 5. The molecule has 9 heteroatoms. The van der Waals surface area contributed by atoms with Crippen LogP contribution in [0.4, 0.5) is 16.3 Å². The highest BCUT2D eigenvalue weighted by Gasteiger charge is 2.36. The van der Waals surface area contributed by atoms with Crippen LogP contribution < -0.4 is 5.32 Å². The average molecular weight is 445 g/mol. The van der Waals surface area contributed by atoms with Gasteiger partial charge < -0.3 is 20.1 Å². The molecule has 0 bridgehead atoms. The lowest BCUT2D eigenvalue weighted by Crippen LogP contribution is -2.29. The van der Waals surface area contributed by atoms with Crippen LogP contribution in [-0.2, 0) is 17.8 Å². The van der Waals surface area contributed by atoms with E-state index >= 15 is 0 Å². The van der Waals surface area contributed by atoms with Gasteiger partial charge in [0.05, 0.1) is 23.5 Å². The van der Waals surface area contributed by atoms with E-state index in [1.54, 1.807) is 12.1 Å². The number of carbonyl (C=O) groups is 2. The summed E-state index contributed by atoms with van der Waals surface area (Å²) in [6.07, 6.45) is 0.647. The van der Waals surface area contributed by atoms with Gasteiger partial charge in [0.1, 0.15) is 5.82 Å². The molecule has 164 valence electrons. The molecule has 8 nitrogen and oxygen atoms in total. The number of fused-ring (bicyclic) bond motifs is 1. The van der Waals surface area contributed by atoms with Crippen molar-refractivity contribution in [2.24, 2.45) is 0 Å². The Hall–Kier alpha value is -2.68. The Morgan fingerprint density at radius 1 is 1.29 bits per heavy atom. The molecule has 2 amide bonds. The molecule has 2 N–H and O–H groups in total. The predicted molar refractivity (Wildman–Crippen MR) is 117 cm³/mol. The van der Waals surface area contributed by atoms with Crippen molar-refractivity contribution in [2.75, 3.05) is 32.6 Å². The Morgan fingerprint density at radius 3 is 2.71 bits per heavy atom. The molecule has 3 heterocycles. The maximum Gasteiger partial charge on any atom is 0.414 e. The van der Waals surface area contributed by atoms with Crippen LogP contribution in [0.15, 0.2) is 24.3 Å². The third-order valence-corrected chi connectivity index (χ3v) is 6.02. The molecule has 0 unspecified atom stereocenters. The van der Waals surface area contributed by atoms with Gasteiger partial charge in [-0.2, -0.15) is 0 Å². The molecule has 0 spiro atoms. The van der Waals surface area contributed by atoms with Crippen LogP contribution in [0.25, 0.3) is 0 Å². The van der Waals surface area contributed by atoms with Gasteiger partial charge in [-0.05, 0) is 56.6 Å². The van der Waals surface area contributed by atoms with E-state index in [1.807, 2.05) is 20.2 Å². The monoisotopic (exact) mass is 444 g/mol. The number of halogens is 1. The van der Waals surface area contributed by atoms with Crippen molar-refractivity contribution in [1.29, 1.82) is 0 Å². The number of nitrogens with zero attached hydrogens (tertiary/aromatic N) is 3. The molecule has 1 aromatic carbocycles. The van der Waals surface area contributed by atoms with Crippen LogP contribution in [0.3, 0.4) is 0 Å². The second-order valence-electron chi connectivity index (χ2n) is 8.10. The third-order valence-electron chi connectivity index (χ3n) is 5.66. The zero-order valence-electron chi connectivity index (χ0n) is 17.5. The first-order valence-electron chi connectivity index (χ1n) is 10.2. The number of hydrogen-bond acceptors (Lipinski definition) is 6. The number of benzene rings is 1. The molecule has 0 aliphatic carbocycles. The van der Waals surface area contributed by atoms with E-state index in [4.69, 9.17) is 21.3 Å². The van der Waals surface area contributed by atoms with Crippen molar-refractivity contribution in [2.45, 2.75) is 31.8 Å². The SMILES string of the molecule is CN(C)Cc1nc(Nc2ccc(Cl)c3c2C(=O)N(C(=O)O)C3)ccc1C1CCOCC1. The molecule has 4 rings (SSSR count). The molecule has 1 aromatic heterocycles. The van der Waals surface area contributed by atoms with Crippen molar-refractivity contribution >= 4 is 35.1 Å². The number of imide groups is 1. The minimum Gasteiger partial charge on any atom is -0.465 e. The molecule has 31 heavy (non-hydrogen) atoms. The summed E-state index contributed by atoms with van der Waals surface area (Å²) in [5, 5.41) is 12.9. The molecule has 2 aromatic rings. The smallest absolute Gasteiger partial charge is 0.414 e. The zero-order chi connectivity index (χ0) is 22.1. The number of pyridine rings is 1. The number of ether oxygens (including phenoxy) is 1. The zero-order valence-corrected chi connectivity index (χ0v) is 18.3. The normalized spacial score (nSPS) is 16.6. The molecule has 0 saturated carbocycles. The van der Waals surface area contributed by atoms with Crippen molar-refractivity contribution < 1.29 is 19.4 Å². The molecular weight excluding hydrogens is 420 g/mol. The van der Waals surface area contributed by atoms with Crippen LogP contribution in [0.1, 0.15) is 45.9 Å². The standard InChI is InChI=1S/C22H25ClN4O4/c1-26(2)12-18-14(13-7-9-31-10-8-13)3-6-19(25-18)24-17-5-4-16(23)15-11-27(22(29)30)21(28)20(15)17/h3-6,13H,7-12H2,1-2H3,(H,24,25)(H,29,30). The van der Waals surface area contributed by atoms with Gasteiger partial charge in [-0.1, -0.05) is 17.7 Å². The summed E-state index contributed by atoms with van der Waals surface area (Å²) in [6.45, 7) is 2.14. The topological polar surface area (TPSA) is 95.0 Å². The van der Waals surface area contributed by atoms with Gasteiger partial charge in [-0.15, -0.1) is 0 Å². The minimum absolute atomic E-state index is 0.0557. The number of carboxylic acid groups (broad SMARTS) is 1. The summed E-state index contributed by atoms with van der Waals surface area (Å²) in [4.78, 5) is 31.8. The summed E-state index contributed by atoms with van der Waals surface area (Å²) in [6, 6.07) is 7.34. The Labute approximate surface area is 185 Å². The number of aromatic nitrogens is 1. The number of hydrogen-bond donors (Lipinski definition) is 2. The number of amides is 2. The number of carbonyl (C=O) groups excluding carboxylic acids is 1. The Kier molecular flexibility index (Phi) is 6.13. The Balaban J connectivity index is 1.67. The van der Waals surface area contributed by atoms with E-state index in [9.17, 15) is 14.7 Å². The minimum atomic E-state index is -1.30. The first kappa shape index (κ1) is 21.5. The lowest BCUT2D eigenvalue weighted by molar-refractivity contribution is 0.0764. The molecule has 1 saturated heterocycles. The van der Waals surface area contributed by atoms with Crippen LogP contribution >= 0.6 is 11.6 Å². The van der Waals surface area contributed by atoms with Crippen molar-refractivity contribution in [3.8, 4) is 0 Å². The highest BCUT2D eigenvalue weighted by atomic mass is 35.5. The van der Waals surface area contributed by atoms with E-state index in [0.29, 0.717) is 34.6 Å². The maximum atomic E-state index is 12.7. The lowest BCUT2D eigenvalue weighted by Gasteiger charge is -2.25. The molecular formula is C22H25ClN4O4. The van der Waals surface area contributed by atoms with Crippen molar-refractivity contribution in [3.05, 3.63) is 51.7 Å². The Morgan fingerprint density at radius 2 is 2.03 bits per heavy atom. The highest BCUT2D eigenvalue weighted by molar-refractivity contribution is 6.32. The third kappa shape index (κ3) is 4.37. The lowest BCUT2D eigenvalue weighted by atomic mass is 9.90. The fraction of sp³-hybridized carbons (Fsp3) is 0.409. The van der Waals surface area contributed by atoms with Gasteiger partial charge in [0.25, 0.3) is 5.91 Å². The van der Waals surface area contributed by atoms with E-state index < -0.39 is 12.0 Å². The summed E-state index contributed by atoms with van der Waals surface area (Å²) >= 11 is 6.24. The number of nitrogens with one attached hydrogen (secondary N) is 1. The van der Waals surface area contributed by atoms with Gasteiger partial charge in [-0.25, -0.2) is 14.7 Å². The van der Waals surface area contributed by atoms with Crippen LogP contribution in [0.5, 0.6) is 0 Å². The van der Waals surface area contributed by atoms with E-state index in [0.717, 1.165) is 36.6 Å². The summed E-state index contributed by atoms with van der Waals surface area (Å²) in [5.74, 6) is 0.425. The largest absolute Gasteiger partial charge is 0.465 e. The van der Waals surface area contributed by atoms with Gasteiger partial charge in [0.2, 0.25) is 0 Å². The molecule has 1 fully saturated rings. The van der Waals surface area contributed by atoms with Gasteiger partial charge in [-0.3, -0.25) is 4.79 Å². The van der Waals surface area contributed by atoms with Crippen LogP contribution in [0, 0.1) is 0 Å². The second kappa shape index (κ2) is 8.82. The summed E-state index contributed by atoms with van der Waals surface area (Å²) in [7, 11) is 4.00. The average Bonchev–Trinajstić information content (AvgIpc) is 3.09. The fourth-order valence-corrected chi connectivity index (χ4v) is 4.39. The quantitative estimate of drug-likeness (QED) is 0.717. The second-order valence-corrected chi connectivity index (χ2v) is 8.51. The van der Waals surface area contributed by atoms with Gasteiger partial charge in [0, 0.05) is 30.3 Å². The van der Waals surface area contributed by atoms with E-state index in [1.165, 1.54) is 5.56 Å². The summed E-state index contributed by atoms with van der Waals surface area (Å²) < 4.78 is 5.50. The van der Waals surface area contributed by atoms with Crippen LogP contribution in [-0.4, -0.2) is 59.2 Å². The molecule has 2 aliphatic rings. The van der Waals surface area contributed by atoms with Crippen LogP contribution in [0.2, 0.25) is 5.02 Å². The van der Waals surface area contributed by atoms with Gasteiger partial charge >= 0.3 is 6.09 Å². The fourth-order valence-electron chi connectivity index (χ4n) is 4.17. The van der Waals surface area contributed by atoms with E-state index in [-0.39, 0.29) is 12.1 Å². The first-order valence-corrected chi connectivity index (χ1v) is 10.6. The number of anilines is 2. The summed E-state index contributed by atoms with van der Waals surface area (Å²) in [5.41, 5.74) is 3.48. The Bertz CT molecular complexity index is 1020. The van der Waals surface area contributed by atoms with Gasteiger partial charge in [0.15, 0.2) is 0 Å². The van der Waals surface area contributed by atoms with E-state index in [2.05, 4.69) is 16.3 Å². The predicted octanol–water partition coefficient (Wildman–Crippen LogP) is 4.07.